The summed E-state index contributed by atoms with van der Waals surface area (Å²) in [6.07, 6.45) is 0. The molecule has 84 valence electrons. The monoisotopic (exact) mass is 284 g/mol. The summed E-state index contributed by atoms with van der Waals surface area (Å²) in [6.45, 7) is 3.61. The lowest BCUT2D eigenvalue weighted by atomic mass is 10.2. The molecule has 4 nitrogen and oxygen atoms in total. The molecule has 0 saturated heterocycles. The van der Waals surface area contributed by atoms with Gasteiger partial charge in [-0.2, -0.15) is 5.10 Å². The second-order valence-corrected chi connectivity index (χ2v) is 4.30. The van der Waals surface area contributed by atoms with E-state index in [0.29, 0.717) is 27.5 Å². The van der Waals surface area contributed by atoms with Gasteiger partial charge >= 0.3 is 0 Å². The van der Waals surface area contributed by atoms with Crippen molar-refractivity contribution in [2.75, 3.05) is 5.73 Å². The summed E-state index contributed by atoms with van der Waals surface area (Å²) in [5.74, 6) is 0.968. The highest BCUT2D eigenvalue weighted by Crippen LogP contribution is 2.25. The largest absolute Gasteiger partial charge is 0.397 e. The quantitative estimate of drug-likeness (QED) is 0.818. The van der Waals surface area contributed by atoms with Crippen LogP contribution >= 0.6 is 15.9 Å². The Balaban J connectivity index is 2.64. The molecule has 6 heteroatoms. The number of nitrogens with zero attached hydrogens (tertiary/aromatic N) is 3. The lowest BCUT2D eigenvalue weighted by molar-refractivity contribution is 0.621. The fourth-order valence-electron chi connectivity index (χ4n) is 1.48. The average Bonchev–Trinajstić information content (AvgIpc) is 2.51. The Hall–Kier alpha value is -1.43. The first-order valence-corrected chi connectivity index (χ1v) is 5.43. The van der Waals surface area contributed by atoms with Gasteiger partial charge in [0.1, 0.15) is 17.5 Å². The maximum atomic E-state index is 13.2. The molecule has 0 saturated carbocycles. The summed E-state index contributed by atoms with van der Waals surface area (Å²) in [6, 6.07) is 2.85. The molecule has 0 aliphatic carbocycles. The molecule has 1 aromatic carbocycles. The van der Waals surface area contributed by atoms with Crippen molar-refractivity contribution in [1.82, 2.24) is 14.8 Å². The number of anilines is 1. The van der Waals surface area contributed by atoms with Gasteiger partial charge in [0, 0.05) is 6.07 Å². The van der Waals surface area contributed by atoms with Crippen LogP contribution in [0.4, 0.5) is 10.1 Å². The molecule has 0 aliphatic heterocycles. The van der Waals surface area contributed by atoms with E-state index in [9.17, 15) is 4.39 Å². The highest BCUT2D eigenvalue weighted by atomic mass is 79.9. The lowest BCUT2D eigenvalue weighted by Gasteiger charge is -2.07. The first-order valence-electron chi connectivity index (χ1n) is 4.64. The van der Waals surface area contributed by atoms with E-state index in [-0.39, 0.29) is 0 Å². The molecule has 0 bridgehead atoms. The SMILES string of the molecule is Cc1nc(C)n(-c2cc(Br)c(F)cc2N)n1. The Kier molecular flexibility index (Phi) is 2.67. The topological polar surface area (TPSA) is 56.7 Å². The van der Waals surface area contributed by atoms with Crippen LogP contribution in [0.25, 0.3) is 5.69 Å². The van der Waals surface area contributed by atoms with Crippen LogP contribution in [0.3, 0.4) is 0 Å². The highest BCUT2D eigenvalue weighted by Gasteiger charge is 2.11. The van der Waals surface area contributed by atoms with Crippen LogP contribution in [0.15, 0.2) is 16.6 Å². The summed E-state index contributed by atoms with van der Waals surface area (Å²) in [4.78, 5) is 4.17. The number of hydrogen-bond acceptors (Lipinski definition) is 3. The Labute approximate surface area is 100 Å². The van der Waals surface area contributed by atoms with Crippen LogP contribution in [0.2, 0.25) is 0 Å². The van der Waals surface area contributed by atoms with E-state index in [1.165, 1.54) is 6.07 Å². The lowest BCUT2D eigenvalue weighted by Crippen LogP contribution is -2.04. The molecule has 2 aromatic rings. The van der Waals surface area contributed by atoms with Gasteiger partial charge in [0.15, 0.2) is 0 Å². The highest BCUT2D eigenvalue weighted by molar-refractivity contribution is 9.10. The van der Waals surface area contributed by atoms with E-state index in [1.54, 1.807) is 17.7 Å². The summed E-state index contributed by atoms with van der Waals surface area (Å²) in [7, 11) is 0. The summed E-state index contributed by atoms with van der Waals surface area (Å²) in [5.41, 5.74) is 6.70. The second kappa shape index (κ2) is 3.86. The maximum Gasteiger partial charge on any atom is 0.148 e. The molecule has 0 fully saturated rings. The molecule has 0 atom stereocenters. The molecule has 1 heterocycles. The van der Waals surface area contributed by atoms with Crippen LogP contribution in [0.1, 0.15) is 11.6 Å². The number of aromatic nitrogens is 3. The fourth-order valence-corrected chi connectivity index (χ4v) is 1.82. The number of rotatable bonds is 1. The average molecular weight is 285 g/mol. The van der Waals surface area contributed by atoms with E-state index in [2.05, 4.69) is 26.0 Å². The van der Waals surface area contributed by atoms with Gasteiger partial charge < -0.3 is 5.73 Å². The third kappa shape index (κ3) is 1.80. The molecule has 0 radical (unpaired) electrons. The van der Waals surface area contributed by atoms with E-state index >= 15 is 0 Å². The van der Waals surface area contributed by atoms with Crippen molar-refractivity contribution in [1.29, 1.82) is 0 Å². The van der Waals surface area contributed by atoms with Gasteiger partial charge in [-0.3, -0.25) is 0 Å². The molecule has 0 amide bonds. The molecule has 2 N–H and O–H groups in total. The van der Waals surface area contributed by atoms with Gasteiger partial charge in [-0.15, -0.1) is 0 Å². The predicted octanol–water partition coefficient (Wildman–Crippen LogP) is 2.37. The van der Waals surface area contributed by atoms with Crippen LogP contribution in [0.5, 0.6) is 0 Å². The van der Waals surface area contributed by atoms with Gasteiger partial charge in [-0.25, -0.2) is 14.1 Å². The zero-order chi connectivity index (χ0) is 11.9. The smallest absolute Gasteiger partial charge is 0.148 e. The van der Waals surface area contributed by atoms with Crippen molar-refractivity contribution in [2.24, 2.45) is 0 Å². The predicted molar refractivity (Wildman–Crippen MR) is 62.9 cm³/mol. The molecule has 0 aliphatic rings. The number of nitrogen functional groups attached to an aromatic ring is 1. The number of halogens is 2. The second-order valence-electron chi connectivity index (χ2n) is 3.44. The third-order valence-electron chi connectivity index (χ3n) is 2.17. The number of nitrogens with two attached hydrogens (primary N) is 1. The van der Waals surface area contributed by atoms with Crippen molar-refractivity contribution < 1.29 is 4.39 Å². The standard InChI is InChI=1S/C10H10BrFN4/c1-5-14-6(2)16(15-5)10-3-7(11)8(12)4-9(10)13/h3-4H,13H2,1-2H3. The summed E-state index contributed by atoms with van der Waals surface area (Å²) in [5, 5.41) is 4.19. The summed E-state index contributed by atoms with van der Waals surface area (Å²) < 4.78 is 15.2. The molecule has 1 aromatic heterocycles. The van der Waals surface area contributed by atoms with E-state index < -0.39 is 5.82 Å². The van der Waals surface area contributed by atoms with E-state index in [1.807, 2.05) is 6.92 Å². The van der Waals surface area contributed by atoms with Crippen molar-refractivity contribution >= 4 is 21.6 Å². The normalized spacial score (nSPS) is 10.8. The number of aryl methyl sites for hydroxylation is 2. The van der Waals surface area contributed by atoms with Crippen LogP contribution in [-0.4, -0.2) is 14.8 Å². The number of benzene rings is 1. The Morgan fingerprint density at radius 2 is 2.06 bits per heavy atom. The molecular formula is C10H10BrFN4. The van der Waals surface area contributed by atoms with Crippen LogP contribution in [-0.2, 0) is 0 Å². The maximum absolute atomic E-state index is 13.2. The zero-order valence-corrected chi connectivity index (χ0v) is 10.4. The van der Waals surface area contributed by atoms with Crippen LogP contribution < -0.4 is 5.73 Å². The van der Waals surface area contributed by atoms with Crippen molar-refractivity contribution in [3.05, 3.63) is 34.1 Å². The van der Waals surface area contributed by atoms with E-state index in [0.717, 1.165) is 0 Å². The van der Waals surface area contributed by atoms with Crippen molar-refractivity contribution in [3.63, 3.8) is 0 Å². The summed E-state index contributed by atoms with van der Waals surface area (Å²) >= 11 is 3.12. The Morgan fingerprint density at radius 3 is 2.62 bits per heavy atom. The first kappa shape index (κ1) is 11.1. The molecule has 0 spiro atoms. The van der Waals surface area contributed by atoms with Crippen LogP contribution in [0, 0.1) is 19.7 Å². The third-order valence-corrected chi connectivity index (χ3v) is 2.78. The minimum Gasteiger partial charge on any atom is -0.397 e. The minimum atomic E-state index is -0.393. The zero-order valence-electron chi connectivity index (χ0n) is 8.83. The van der Waals surface area contributed by atoms with E-state index in [4.69, 9.17) is 5.73 Å². The van der Waals surface area contributed by atoms with Crippen molar-refractivity contribution in [3.8, 4) is 5.69 Å². The molecular weight excluding hydrogens is 275 g/mol. The van der Waals surface area contributed by atoms with Gasteiger partial charge in [0.25, 0.3) is 0 Å². The van der Waals surface area contributed by atoms with Gasteiger partial charge in [-0.05, 0) is 35.8 Å². The minimum absolute atomic E-state index is 0.328. The van der Waals surface area contributed by atoms with Gasteiger partial charge in [0.2, 0.25) is 0 Å². The van der Waals surface area contributed by atoms with Gasteiger partial charge in [-0.1, -0.05) is 0 Å². The fraction of sp³-hybridized carbons (Fsp3) is 0.200. The first-order chi connectivity index (χ1) is 7.49. The van der Waals surface area contributed by atoms with Crippen molar-refractivity contribution in [2.45, 2.75) is 13.8 Å². The molecule has 16 heavy (non-hydrogen) atoms. The Bertz CT molecular complexity index is 550. The van der Waals surface area contributed by atoms with Gasteiger partial charge in [0.05, 0.1) is 15.8 Å². The molecule has 2 rings (SSSR count). The number of hydrogen-bond donors (Lipinski definition) is 1. The Morgan fingerprint density at radius 1 is 1.38 bits per heavy atom. The molecule has 0 unspecified atom stereocenters.